The molecule has 0 spiro atoms. The molecule has 2 heterocycles. The fourth-order valence-electron chi connectivity index (χ4n) is 2.74. The lowest BCUT2D eigenvalue weighted by Crippen LogP contribution is -2.25. The number of anilines is 1. The number of aromatic nitrogens is 4. The van der Waals surface area contributed by atoms with Gasteiger partial charge in [0.05, 0.1) is 22.1 Å². The number of rotatable bonds is 7. The number of aryl methyl sites for hydroxylation is 1. The average Bonchev–Trinajstić information content (AvgIpc) is 3.28. The number of amides is 1. The molecule has 0 saturated heterocycles. The zero-order chi connectivity index (χ0) is 22.0. The highest BCUT2D eigenvalue weighted by Crippen LogP contribution is 2.28. The molecule has 9 nitrogen and oxygen atoms in total. The molecule has 30 heavy (non-hydrogen) atoms. The number of ether oxygens (including phenoxy) is 1. The van der Waals surface area contributed by atoms with E-state index in [1.54, 1.807) is 43.7 Å². The first-order chi connectivity index (χ1) is 14.2. The number of carboxylic acids is 1. The summed E-state index contributed by atoms with van der Waals surface area (Å²) in [5.41, 5.74) is 1.70. The van der Waals surface area contributed by atoms with E-state index in [4.69, 9.17) is 33.0 Å². The maximum atomic E-state index is 12.6. The molecule has 3 aromatic rings. The van der Waals surface area contributed by atoms with Gasteiger partial charge in [0, 0.05) is 11.2 Å². The molecule has 0 aliphatic rings. The van der Waals surface area contributed by atoms with Gasteiger partial charge in [-0.1, -0.05) is 23.2 Å². The molecule has 0 saturated carbocycles. The summed E-state index contributed by atoms with van der Waals surface area (Å²) >= 11 is 12.0. The molecule has 0 bridgehead atoms. The number of carbonyl (C=O) groups is 2. The van der Waals surface area contributed by atoms with E-state index in [0.29, 0.717) is 32.9 Å². The van der Waals surface area contributed by atoms with Gasteiger partial charge in [-0.25, -0.2) is 9.48 Å². The number of hydrogen-bond acceptors (Lipinski definition) is 5. The molecule has 0 radical (unpaired) electrons. The molecule has 158 valence electrons. The number of nitrogens with one attached hydrogen (secondary N) is 1. The van der Waals surface area contributed by atoms with E-state index in [-0.39, 0.29) is 18.3 Å². The van der Waals surface area contributed by atoms with Crippen LogP contribution in [-0.4, -0.2) is 36.5 Å². The van der Waals surface area contributed by atoms with Gasteiger partial charge >= 0.3 is 5.97 Å². The summed E-state index contributed by atoms with van der Waals surface area (Å²) in [6.07, 6.45) is 1.44. The van der Waals surface area contributed by atoms with E-state index in [2.05, 4.69) is 15.5 Å². The van der Waals surface area contributed by atoms with Gasteiger partial charge in [-0.15, -0.1) is 0 Å². The van der Waals surface area contributed by atoms with E-state index in [0.717, 1.165) is 0 Å². The number of aromatic carboxylic acids is 1. The van der Waals surface area contributed by atoms with Gasteiger partial charge in [0.25, 0.3) is 0 Å². The third-order valence-electron chi connectivity index (χ3n) is 4.47. The van der Waals surface area contributed by atoms with Crippen LogP contribution in [0.15, 0.2) is 30.5 Å². The molecule has 0 fully saturated rings. The van der Waals surface area contributed by atoms with Gasteiger partial charge in [0.1, 0.15) is 11.8 Å². The lowest BCUT2D eigenvalue weighted by atomic mass is 10.2. The van der Waals surface area contributed by atoms with Crippen molar-refractivity contribution in [3.05, 3.63) is 57.6 Å². The van der Waals surface area contributed by atoms with Crippen molar-refractivity contribution in [1.29, 1.82) is 0 Å². The molecular formula is C19H19Cl2N5O4. The second kappa shape index (κ2) is 8.76. The molecule has 1 amide bonds. The predicted octanol–water partition coefficient (Wildman–Crippen LogP) is 3.94. The van der Waals surface area contributed by atoms with Crippen molar-refractivity contribution < 1.29 is 19.4 Å². The van der Waals surface area contributed by atoms with Crippen LogP contribution in [0.1, 0.15) is 34.8 Å². The molecule has 1 aromatic carbocycles. The van der Waals surface area contributed by atoms with E-state index in [9.17, 15) is 9.59 Å². The van der Waals surface area contributed by atoms with Crippen LogP contribution < -0.4 is 10.1 Å². The maximum Gasteiger partial charge on any atom is 0.356 e. The van der Waals surface area contributed by atoms with Crippen LogP contribution in [0.25, 0.3) is 0 Å². The summed E-state index contributed by atoms with van der Waals surface area (Å²) in [4.78, 5) is 23.6. The standard InChI is InChI=1S/C19H19Cl2N5O4/c1-10-17(22-18(27)12(3)25-7-6-15(24-25)19(28)29)11(2)26(23-10)9-30-16-5-4-13(20)8-14(16)21/h4-8,12H,9H2,1-3H3,(H,22,27)(H,28,29). The third kappa shape index (κ3) is 4.58. The predicted molar refractivity (Wildman–Crippen MR) is 111 cm³/mol. The fourth-order valence-corrected chi connectivity index (χ4v) is 3.21. The van der Waals surface area contributed by atoms with E-state index >= 15 is 0 Å². The monoisotopic (exact) mass is 451 g/mol. The molecule has 2 aromatic heterocycles. The minimum absolute atomic E-state index is 0.0839. The number of hydrogen-bond donors (Lipinski definition) is 2. The normalized spacial score (nSPS) is 11.9. The molecule has 0 aliphatic carbocycles. The minimum atomic E-state index is -1.16. The van der Waals surface area contributed by atoms with Crippen LogP contribution in [0.2, 0.25) is 10.0 Å². The van der Waals surface area contributed by atoms with Crippen molar-refractivity contribution in [3.8, 4) is 5.75 Å². The number of carbonyl (C=O) groups excluding carboxylic acids is 1. The van der Waals surface area contributed by atoms with Crippen molar-refractivity contribution in [2.24, 2.45) is 0 Å². The first-order valence-corrected chi connectivity index (χ1v) is 9.64. The summed E-state index contributed by atoms with van der Waals surface area (Å²) < 4.78 is 8.59. The molecule has 0 aliphatic heterocycles. The number of benzene rings is 1. The Morgan fingerprint density at radius 2 is 1.97 bits per heavy atom. The SMILES string of the molecule is Cc1nn(COc2ccc(Cl)cc2Cl)c(C)c1NC(=O)C(C)n1ccc(C(=O)O)n1. The smallest absolute Gasteiger partial charge is 0.356 e. The quantitative estimate of drug-likeness (QED) is 0.562. The molecule has 1 unspecified atom stereocenters. The topological polar surface area (TPSA) is 111 Å². The van der Waals surface area contributed by atoms with Crippen LogP contribution in [0.5, 0.6) is 5.75 Å². The van der Waals surface area contributed by atoms with Crippen molar-refractivity contribution in [1.82, 2.24) is 19.6 Å². The zero-order valence-electron chi connectivity index (χ0n) is 16.4. The number of carboxylic acid groups (broad SMARTS) is 1. The van der Waals surface area contributed by atoms with Gasteiger partial charge in [0.2, 0.25) is 5.91 Å². The second-order valence-electron chi connectivity index (χ2n) is 6.54. The first kappa shape index (κ1) is 21.7. The first-order valence-electron chi connectivity index (χ1n) is 8.88. The lowest BCUT2D eigenvalue weighted by molar-refractivity contribution is -0.119. The fraction of sp³-hybridized carbons (Fsp3) is 0.263. The van der Waals surface area contributed by atoms with Crippen molar-refractivity contribution in [2.45, 2.75) is 33.5 Å². The molecule has 1 atom stereocenters. The van der Waals surface area contributed by atoms with Crippen LogP contribution in [0, 0.1) is 13.8 Å². The van der Waals surface area contributed by atoms with Gasteiger partial charge in [-0.2, -0.15) is 10.2 Å². The molecule has 3 rings (SSSR count). The molecule has 11 heteroatoms. The van der Waals surface area contributed by atoms with E-state index < -0.39 is 12.0 Å². The average molecular weight is 452 g/mol. The highest BCUT2D eigenvalue weighted by molar-refractivity contribution is 6.35. The van der Waals surface area contributed by atoms with Gasteiger partial charge in [0.15, 0.2) is 12.4 Å². The zero-order valence-corrected chi connectivity index (χ0v) is 17.9. The van der Waals surface area contributed by atoms with Gasteiger partial charge < -0.3 is 15.2 Å². The molecule has 2 N–H and O–H groups in total. The third-order valence-corrected chi connectivity index (χ3v) is 5.00. The van der Waals surface area contributed by atoms with Crippen molar-refractivity contribution in [2.75, 3.05) is 5.32 Å². The summed E-state index contributed by atoms with van der Waals surface area (Å²) in [6, 6.07) is 5.53. The van der Waals surface area contributed by atoms with Crippen LogP contribution in [0.4, 0.5) is 5.69 Å². The van der Waals surface area contributed by atoms with Crippen molar-refractivity contribution in [3.63, 3.8) is 0 Å². The number of nitrogens with zero attached hydrogens (tertiary/aromatic N) is 4. The minimum Gasteiger partial charge on any atom is -0.476 e. The Morgan fingerprint density at radius 1 is 1.23 bits per heavy atom. The summed E-state index contributed by atoms with van der Waals surface area (Å²) in [5.74, 6) is -1.06. The summed E-state index contributed by atoms with van der Waals surface area (Å²) in [5, 5.41) is 21.0. The Morgan fingerprint density at radius 3 is 2.60 bits per heavy atom. The van der Waals surface area contributed by atoms with E-state index in [1.165, 1.54) is 16.9 Å². The highest BCUT2D eigenvalue weighted by atomic mass is 35.5. The van der Waals surface area contributed by atoms with Crippen molar-refractivity contribution >= 4 is 40.8 Å². The summed E-state index contributed by atoms with van der Waals surface area (Å²) in [7, 11) is 0. The Labute approximate surface area is 182 Å². The van der Waals surface area contributed by atoms with E-state index in [1.807, 2.05) is 0 Å². The van der Waals surface area contributed by atoms with Crippen LogP contribution in [-0.2, 0) is 11.5 Å². The lowest BCUT2D eigenvalue weighted by Gasteiger charge is -2.13. The Hall–Kier alpha value is -3.04. The summed E-state index contributed by atoms with van der Waals surface area (Å²) in [6.45, 7) is 5.26. The number of halogens is 2. The highest BCUT2D eigenvalue weighted by Gasteiger charge is 2.21. The van der Waals surface area contributed by atoms with Gasteiger partial charge in [-0.05, 0) is 45.0 Å². The maximum absolute atomic E-state index is 12.6. The Balaban J connectivity index is 1.71. The van der Waals surface area contributed by atoms with Gasteiger partial charge in [-0.3, -0.25) is 9.48 Å². The Bertz CT molecular complexity index is 1110. The second-order valence-corrected chi connectivity index (χ2v) is 7.39. The molecular weight excluding hydrogens is 433 g/mol. The Kier molecular flexibility index (Phi) is 6.33. The largest absolute Gasteiger partial charge is 0.476 e. The van der Waals surface area contributed by atoms with Crippen LogP contribution in [0.3, 0.4) is 0 Å². The van der Waals surface area contributed by atoms with Crippen LogP contribution >= 0.6 is 23.2 Å².